The van der Waals surface area contributed by atoms with Gasteiger partial charge in [0.05, 0.1) is 0 Å². The van der Waals surface area contributed by atoms with Gasteiger partial charge in [-0.2, -0.15) is 13.2 Å². The molecule has 0 bridgehead atoms. The molecule has 3 aromatic rings. The molecule has 0 aliphatic carbocycles. The summed E-state index contributed by atoms with van der Waals surface area (Å²) >= 11 is 0. The van der Waals surface area contributed by atoms with Crippen LogP contribution in [0.2, 0.25) is 0 Å². The van der Waals surface area contributed by atoms with E-state index in [4.69, 9.17) is 0 Å². The summed E-state index contributed by atoms with van der Waals surface area (Å²) in [4.78, 5) is 0. The lowest BCUT2D eigenvalue weighted by Crippen LogP contribution is -2.25. The molecule has 2 nitrogen and oxygen atoms in total. The van der Waals surface area contributed by atoms with E-state index in [2.05, 4.69) is 4.74 Å². The van der Waals surface area contributed by atoms with Gasteiger partial charge in [-0.05, 0) is 54.8 Å². The molecule has 1 atom stereocenters. The van der Waals surface area contributed by atoms with Gasteiger partial charge in [-0.15, -0.1) is 0 Å². The number of aromatic hydroxyl groups is 1. The van der Waals surface area contributed by atoms with Crippen LogP contribution < -0.4 is 4.74 Å². The van der Waals surface area contributed by atoms with Crippen LogP contribution in [0.1, 0.15) is 29.2 Å². The Labute approximate surface area is 161 Å². The zero-order valence-corrected chi connectivity index (χ0v) is 15.4. The zero-order valence-electron chi connectivity index (χ0n) is 15.4. The van der Waals surface area contributed by atoms with Crippen molar-refractivity contribution in [2.75, 3.05) is 0 Å². The van der Waals surface area contributed by atoms with E-state index in [0.29, 0.717) is 0 Å². The first-order chi connectivity index (χ1) is 13.3. The summed E-state index contributed by atoms with van der Waals surface area (Å²) in [5.74, 6) is 0.139. The summed E-state index contributed by atoms with van der Waals surface area (Å²) in [6.07, 6.45) is -2.50. The molecule has 0 saturated heterocycles. The summed E-state index contributed by atoms with van der Waals surface area (Å²) < 4.78 is 42.1. The van der Waals surface area contributed by atoms with Gasteiger partial charge < -0.3 is 9.84 Å². The quantitative estimate of drug-likeness (QED) is 0.404. The molecule has 0 amide bonds. The predicted octanol–water partition coefficient (Wildman–Crippen LogP) is 6.47. The minimum atomic E-state index is -2.50. The van der Waals surface area contributed by atoms with Gasteiger partial charge in [-0.25, -0.2) is 0 Å². The molecule has 0 aromatic heterocycles. The molecule has 0 aliphatic rings. The maximum Gasteiger partial charge on any atom is 0.344 e. The second-order valence-electron chi connectivity index (χ2n) is 6.70. The number of benzene rings is 3. The van der Waals surface area contributed by atoms with E-state index < -0.39 is 17.5 Å². The maximum absolute atomic E-state index is 13.0. The first-order valence-corrected chi connectivity index (χ1v) is 8.66. The minimum Gasteiger partial charge on any atom is -0.508 e. The zero-order chi connectivity index (χ0) is 20.3. The van der Waals surface area contributed by atoms with Crippen LogP contribution in [0.25, 0.3) is 0 Å². The summed E-state index contributed by atoms with van der Waals surface area (Å²) in [5, 5.41) is 9.65. The Balaban J connectivity index is 2.08. The monoisotopic (exact) mass is 384 g/mol. The third-order valence-corrected chi connectivity index (χ3v) is 4.86. The molecule has 5 heteroatoms. The topological polar surface area (TPSA) is 29.5 Å². The Morgan fingerprint density at radius 1 is 0.750 bits per heavy atom. The Bertz CT molecular complexity index is 926. The molecular formula is C23H19F3O2. The summed E-state index contributed by atoms with van der Waals surface area (Å²) in [7, 11) is 0. The lowest BCUT2D eigenvalue weighted by Gasteiger charge is -2.32. The van der Waals surface area contributed by atoms with Crippen molar-refractivity contribution in [3.8, 4) is 11.5 Å². The highest BCUT2D eigenvalue weighted by atomic mass is 19.3. The van der Waals surface area contributed by atoms with Crippen LogP contribution in [0, 0.1) is 6.92 Å². The van der Waals surface area contributed by atoms with Crippen LogP contribution in [-0.4, -0.2) is 5.11 Å². The second kappa shape index (κ2) is 7.80. The highest BCUT2D eigenvalue weighted by Gasteiger charge is 2.31. The Morgan fingerprint density at radius 2 is 1.18 bits per heavy atom. The number of phenols is 1. The number of phenolic OH excluding ortho intramolecular Hbond substituents is 1. The highest BCUT2D eigenvalue weighted by Crippen LogP contribution is 2.40. The molecule has 1 N–H and O–H groups in total. The number of aryl methyl sites for hydroxylation is 1. The largest absolute Gasteiger partial charge is 0.508 e. The maximum atomic E-state index is 13.0. The first-order valence-electron chi connectivity index (χ1n) is 8.66. The van der Waals surface area contributed by atoms with E-state index in [-0.39, 0.29) is 11.5 Å². The fourth-order valence-corrected chi connectivity index (χ4v) is 3.18. The molecule has 28 heavy (non-hydrogen) atoms. The van der Waals surface area contributed by atoms with Crippen molar-refractivity contribution in [1.29, 1.82) is 0 Å². The minimum absolute atomic E-state index is 0.0222. The number of hydrogen-bond acceptors (Lipinski definition) is 2. The van der Waals surface area contributed by atoms with E-state index in [1.54, 1.807) is 24.3 Å². The molecule has 0 aliphatic heterocycles. The van der Waals surface area contributed by atoms with Gasteiger partial charge in [0, 0.05) is 5.41 Å². The van der Waals surface area contributed by atoms with Crippen molar-refractivity contribution in [3.05, 3.63) is 107 Å². The van der Waals surface area contributed by atoms with Crippen molar-refractivity contribution in [2.45, 2.75) is 19.3 Å². The van der Waals surface area contributed by atoms with Crippen LogP contribution in [0.4, 0.5) is 13.2 Å². The smallest absolute Gasteiger partial charge is 0.344 e. The van der Waals surface area contributed by atoms with E-state index >= 15 is 0 Å². The molecule has 0 spiro atoms. The van der Waals surface area contributed by atoms with Gasteiger partial charge in [0.2, 0.25) is 0 Å². The molecular weight excluding hydrogens is 365 g/mol. The van der Waals surface area contributed by atoms with Gasteiger partial charge in [0.1, 0.15) is 11.5 Å². The van der Waals surface area contributed by atoms with Crippen LogP contribution in [0.3, 0.4) is 0 Å². The number of halogens is 3. The van der Waals surface area contributed by atoms with Crippen molar-refractivity contribution < 1.29 is 23.0 Å². The average molecular weight is 384 g/mol. The van der Waals surface area contributed by atoms with E-state index in [9.17, 15) is 18.3 Å². The average Bonchev–Trinajstić information content (AvgIpc) is 2.69. The molecule has 0 radical (unpaired) electrons. The highest BCUT2D eigenvalue weighted by molar-refractivity contribution is 5.51. The summed E-state index contributed by atoms with van der Waals surface area (Å²) in [6, 6.07) is 19.4. The summed E-state index contributed by atoms with van der Waals surface area (Å²) in [5.41, 5.74) is 3.34. The van der Waals surface area contributed by atoms with E-state index in [1.807, 2.05) is 50.2 Å². The predicted molar refractivity (Wildman–Crippen MR) is 102 cm³/mol. The van der Waals surface area contributed by atoms with Gasteiger partial charge >= 0.3 is 12.1 Å². The van der Waals surface area contributed by atoms with Crippen molar-refractivity contribution in [2.24, 2.45) is 0 Å². The fraction of sp³-hybridized carbons (Fsp3) is 0.130. The normalized spacial score (nSPS) is 12.9. The number of ether oxygens (including phenoxy) is 1. The van der Waals surface area contributed by atoms with E-state index in [0.717, 1.165) is 22.3 Å². The molecule has 0 saturated carbocycles. The van der Waals surface area contributed by atoms with E-state index in [1.165, 1.54) is 12.1 Å². The van der Waals surface area contributed by atoms with Gasteiger partial charge in [-0.3, -0.25) is 0 Å². The van der Waals surface area contributed by atoms with Crippen molar-refractivity contribution in [3.63, 3.8) is 0 Å². The van der Waals surface area contributed by atoms with Crippen LogP contribution in [0.15, 0.2) is 84.9 Å². The molecule has 3 aromatic carbocycles. The standard InChI is InChI=1S/C23H19F3O2/c1-15-3-5-16(6-4-15)23(2,17-7-11-19(27)12-8-17)18-9-13-20(14-10-18)28-22(26)21(24)25/h3-14,27H,1-2H3. The van der Waals surface area contributed by atoms with Gasteiger partial charge in [0.15, 0.2) is 0 Å². The third kappa shape index (κ3) is 3.88. The summed E-state index contributed by atoms with van der Waals surface area (Å²) in [6.45, 7) is 4.03. The third-order valence-electron chi connectivity index (χ3n) is 4.86. The van der Waals surface area contributed by atoms with Crippen molar-refractivity contribution in [1.82, 2.24) is 0 Å². The van der Waals surface area contributed by atoms with Crippen LogP contribution >= 0.6 is 0 Å². The van der Waals surface area contributed by atoms with Crippen LogP contribution in [0.5, 0.6) is 11.5 Å². The molecule has 3 rings (SSSR count). The lowest BCUT2D eigenvalue weighted by atomic mass is 9.71. The first kappa shape index (κ1) is 19.5. The number of hydrogen-bond donors (Lipinski definition) is 1. The fourth-order valence-electron chi connectivity index (χ4n) is 3.18. The van der Waals surface area contributed by atoms with Gasteiger partial charge in [-0.1, -0.05) is 54.1 Å². The molecule has 0 heterocycles. The second-order valence-corrected chi connectivity index (χ2v) is 6.70. The lowest BCUT2D eigenvalue weighted by molar-refractivity contribution is 0.241. The number of rotatable bonds is 5. The molecule has 1 unspecified atom stereocenters. The Hall–Kier alpha value is -3.21. The SMILES string of the molecule is Cc1ccc(C(C)(c2ccc(O)cc2)c2ccc(OC(F)=C(F)F)cc2)cc1. The molecule has 144 valence electrons. The Kier molecular flexibility index (Phi) is 5.45. The van der Waals surface area contributed by atoms with Crippen molar-refractivity contribution >= 4 is 0 Å². The van der Waals surface area contributed by atoms with Gasteiger partial charge in [0.25, 0.3) is 0 Å². The van der Waals surface area contributed by atoms with Crippen LogP contribution in [-0.2, 0) is 5.41 Å². The Morgan fingerprint density at radius 3 is 1.64 bits per heavy atom. The molecule has 0 fully saturated rings.